The van der Waals surface area contributed by atoms with Crippen molar-refractivity contribution in [2.45, 2.75) is 39.7 Å². The Morgan fingerprint density at radius 2 is 2.04 bits per heavy atom. The molecule has 3 heterocycles. The lowest BCUT2D eigenvalue weighted by Crippen LogP contribution is -2.37. The van der Waals surface area contributed by atoms with E-state index in [0.29, 0.717) is 5.56 Å². The van der Waals surface area contributed by atoms with E-state index in [9.17, 15) is 4.79 Å². The van der Waals surface area contributed by atoms with Gasteiger partial charge in [-0.3, -0.25) is 14.7 Å². The van der Waals surface area contributed by atoms with Crippen LogP contribution in [0, 0.1) is 6.92 Å². The minimum absolute atomic E-state index is 0.377. The first-order valence-electron chi connectivity index (χ1n) is 9.86. The minimum Gasteiger partial charge on any atom is -0.379 e. The van der Waals surface area contributed by atoms with E-state index in [1.165, 1.54) is 5.69 Å². The van der Waals surface area contributed by atoms with Crippen LogP contribution in [0.5, 0.6) is 0 Å². The lowest BCUT2D eigenvalue weighted by molar-refractivity contribution is 0.0369. The summed E-state index contributed by atoms with van der Waals surface area (Å²) in [5.74, 6) is -0.377. The number of ether oxygens (including phenoxy) is 1. The fourth-order valence-corrected chi connectivity index (χ4v) is 3.96. The second kappa shape index (κ2) is 9.15. The van der Waals surface area contributed by atoms with Crippen molar-refractivity contribution in [3.8, 4) is 11.3 Å². The predicted molar refractivity (Wildman–Crippen MR) is 107 cm³/mol. The van der Waals surface area contributed by atoms with E-state index in [4.69, 9.17) is 10.5 Å². The van der Waals surface area contributed by atoms with Gasteiger partial charge in [-0.2, -0.15) is 0 Å². The summed E-state index contributed by atoms with van der Waals surface area (Å²) in [5.41, 5.74) is 10.2. The van der Waals surface area contributed by atoms with E-state index in [0.717, 1.165) is 75.6 Å². The van der Waals surface area contributed by atoms with Crippen LogP contribution in [0.4, 0.5) is 0 Å². The van der Waals surface area contributed by atoms with Gasteiger partial charge in [-0.05, 0) is 31.9 Å². The molecule has 0 aliphatic carbocycles. The van der Waals surface area contributed by atoms with Crippen molar-refractivity contribution >= 4 is 5.91 Å². The Morgan fingerprint density at radius 1 is 1.26 bits per heavy atom. The monoisotopic (exact) mass is 370 g/mol. The molecule has 2 aromatic heterocycles. The maximum absolute atomic E-state index is 12.3. The quantitative estimate of drug-likeness (QED) is 0.775. The van der Waals surface area contributed by atoms with Gasteiger partial charge in [0, 0.05) is 49.3 Å². The molecule has 1 amide bonds. The third kappa shape index (κ3) is 4.39. The molecule has 1 saturated heterocycles. The number of primary amides is 1. The van der Waals surface area contributed by atoms with Crippen LogP contribution in [0.15, 0.2) is 24.4 Å². The first-order valence-corrected chi connectivity index (χ1v) is 9.86. The summed E-state index contributed by atoms with van der Waals surface area (Å²) < 4.78 is 7.71. The van der Waals surface area contributed by atoms with E-state index >= 15 is 0 Å². The van der Waals surface area contributed by atoms with E-state index in [2.05, 4.69) is 21.4 Å². The van der Waals surface area contributed by atoms with Gasteiger partial charge in [-0.1, -0.05) is 19.4 Å². The molecule has 2 N–H and O–H groups in total. The third-order valence-corrected chi connectivity index (χ3v) is 5.25. The molecular formula is C21H30N4O2. The van der Waals surface area contributed by atoms with Crippen molar-refractivity contribution in [2.24, 2.45) is 5.73 Å². The molecule has 0 bridgehead atoms. The average Bonchev–Trinajstić information content (AvgIpc) is 2.96. The van der Waals surface area contributed by atoms with Crippen LogP contribution < -0.4 is 5.73 Å². The van der Waals surface area contributed by atoms with Gasteiger partial charge in [-0.25, -0.2) is 0 Å². The first-order chi connectivity index (χ1) is 13.1. The van der Waals surface area contributed by atoms with Crippen LogP contribution in [0.2, 0.25) is 0 Å². The predicted octanol–water partition coefficient (Wildman–Crippen LogP) is 2.63. The highest BCUT2D eigenvalue weighted by molar-refractivity contribution is 6.01. The van der Waals surface area contributed by atoms with Crippen molar-refractivity contribution in [2.75, 3.05) is 32.8 Å². The summed E-state index contributed by atoms with van der Waals surface area (Å²) >= 11 is 0. The Hall–Kier alpha value is -2.18. The number of carbonyl (C=O) groups excluding carboxylic acids is 1. The number of rotatable bonds is 8. The van der Waals surface area contributed by atoms with Gasteiger partial charge in [0.25, 0.3) is 5.91 Å². The number of aromatic nitrogens is 2. The van der Waals surface area contributed by atoms with Gasteiger partial charge in [0.2, 0.25) is 0 Å². The van der Waals surface area contributed by atoms with Gasteiger partial charge in [0.05, 0.1) is 24.5 Å². The Bertz CT molecular complexity index is 764. The van der Waals surface area contributed by atoms with E-state index in [1.807, 2.05) is 25.1 Å². The summed E-state index contributed by atoms with van der Waals surface area (Å²) in [6.07, 6.45) is 4.70. The van der Waals surface area contributed by atoms with Gasteiger partial charge < -0.3 is 15.0 Å². The number of amides is 1. The molecule has 1 fully saturated rings. The van der Waals surface area contributed by atoms with Crippen molar-refractivity contribution in [1.29, 1.82) is 0 Å². The summed E-state index contributed by atoms with van der Waals surface area (Å²) in [6, 6.07) is 5.80. The number of hydrogen-bond donors (Lipinski definition) is 1. The lowest BCUT2D eigenvalue weighted by atomic mass is 10.0. The topological polar surface area (TPSA) is 73.4 Å². The molecule has 1 aliphatic heterocycles. The third-order valence-electron chi connectivity index (χ3n) is 5.25. The smallest absolute Gasteiger partial charge is 0.251 e. The first kappa shape index (κ1) is 19.6. The van der Waals surface area contributed by atoms with Gasteiger partial charge >= 0.3 is 0 Å². The summed E-state index contributed by atoms with van der Waals surface area (Å²) in [5, 5.41) is 0. The summed E-state index contributed by atoms with van der Waals surface area (Å²) in [4.78, 5) is 19.2. The van der Waals surface area contributed by atoms with E-state index in [1.54, 1.807) is 6.20 Å². The lowest BCUT2D eigenvalue weighted by Gasteiger charge is -2.26. The number of pyridine rings is 1. The minimum atomic E-state index is -0.377. The zero-order chi connectivity index (χ0) is 19.2. The van der Waals surface area contributed by atoms with Gasteiger partial charge in [0.15, 0.2) is 0 Å². The van der Waals surface area contributed by atoms with Crippen molar-refractivity contribution < 1.29 is 9.53 Å². The average molecular weight is 370 g/mol. The fourth-order valence-electron chi connectivity index (χ4n) is 3.96. The molecule has 0 saturated carbocycles. The molecule has 6 heteroatoms. The maximum atomic E-state index is 12.3. The zero-order valence-corrected chi connectivity index (χ0v) is 16.4. The second-order valence-electron chi connectivity index (χ2n) is 7.07. The van der Waals surface area contributed by atoms with Crippen LogP contribution in [0.3, 0.4) is 0 Å². The van der Waals surface area contributed by atoms with Crippen molar-refractivity contribution in [3.63, 3.8) is 0 Å². The Labute approximate surface area is 161 Å². The molecule has 0 aromatic carbocycles. The van der Waals surface area contributed by atoms with E-state index in [-0.39, 0.29) is 5.91 Å². The standard InChI is InChI=1S/C21H30N4O2/c1-3-7-18-20(17-8-4-5-9-23-17)19(21(22)26)16(2)25(18)11-6-10-24-12-14-27-15-13-24/h4-5,8-9H,3,6-7,10-15H2,1-2H3,(H2,22,26). The highest BCUT2D eigenvalue weighted by atomic mass is 16.5. The Balaban J connectivity index is 1.91. The second-order valence-corrected chi connectivity index (χ2v) is 7.07. The molecule has 27 heavy (non-hydrogen) atoms. The zero-order valence-electron chi connectivity index (χ0n) is 16.4. The molecule has 0 unspecified atom stereocenters. The largest absolute Gasteiger partial charge is 0.379 e. The molecule has 0 radical (unpaired) electrons. The van der Waals surface area contributed by atoms with Crippen molar-refractivity contribution in [3.05, 3.63) is 41.3 Å². The number of morpholine rings is 1. The number of nitrogens with two attached hydrogens (primary N) is 1. The molecule has 6 nitrogen and oxygen atoms in total. The maximum Gasteiger partial charge on any atom is 0.251 e. The number of hydrogen-bond acceptors (Lipinski definition) is 4. The molecule has 146 valence electrons. The molecule has 0 atom stereocenters. The summed E-state index contributed by atoms with van der Waals surface area (Å²) in [7, 11) is 0. The van der Waals surface area contributed by atoms with Crippen LogP contribution in [-0.4, -0.2) is 53.2 Å². The number of nitrogens with zero attached hydrogens (tertiary/aromatic N) is 3. The number of carbonyl (C=O) groups is 1. The molecule has 3 rings (SSSR count). The SMILES string of the molecule is CCCc1c(-c2ccccn2)c(C(N)=O)c(C)n1CCCN1CCOCC1. The van der Waals surface area contributed by atoms with Gasteiger partial charge in [-0.15, -0.1) is 0 Å². The van der Waals surface area contributed by atoms with Gasteiger partial charge in [0.1, 0.15) is 0 Å². The normalized spacial score (nSPS) is 15.2. The fraction of sp³-hybridized carbons (Fsp3) is 0.524. The summed E-state index contributed by atoms with van der Waals surface area (Å²) in [6.45, 7) is 9.71. The highest BCUT2D eigenvalue weighted by Crippen LogP contribution is 2.32. The molecule has 2 aromatic rings. The molecule has 1 aliphatic rings. The van der Waals surface area contributed by atoms with Crippen LogP contribution in [0.25, 0.3) is 11.3 Å². The Morgan fingerprint density at radius 3 is 2.67 bits per heavy atom. The van der Waals surface area contributed by atoms with Crippen LogP contribution in [-0.2, 0) is 17.7 Å². The van der Waals surface area contributed by atoms with Crippen LogP contribution in [0.1, 0.15) is 41.5 Å². The van der Waals surface area contributed by atoms with Crippen molar-refractivity contribution in [1.82, 2.24) is 14.5 Å². The van der Waals surface area contributed by atoms with E-state index < -0.39 is 0 Å². The highest BCUT2D eigenvalue weighted by Gasteiger charge is 2.25. The Kier molecular flexibility index (Phi) is 6.63. The molecule has 0 spiro atoms. The van der Waals surface area contributed by atoms with Crippen LogP contribution >= 0.6 is 0 Å². The molecular weight excluding hydrogens is 340 g/mol.